The molecule has 100 valence electrons. The van der Waals surface area contributed by atoms with Crippen LogP contribution in [0.1, 0.15) is 56.6 Å². The Morgan fingerprint density at radius 2 is 1.67 bits per heavy atom. The number of rotatable bonds is 1. The van der Waals surface area contributed by atoms with Crippen molar-refractivity contribution in [3.63, 3.8) is 0 Å². The fourth-order valence-electron chi connectivity index (χ4n) is 2.64. The molecule has 0 unspecified atom stereocenters. The number of nitrogens with one attached hydrogen (secondary N) is 1. The van der Waals surface area contributed by atoms with Crippen molar-refractivity contribution in [2.45, 2.75) is 57.9 Å². The maximum absolute atomic E-state index is 12.2. The summed E-state index contributed by atoms with van der Waals surface area (Å²) >= 11 is 5.82. The summed E-state index contributed by atoms with van der Waals surface area (Å²) in [7, 11) is 0. The molecule has 18 heavy (non-hydrogen) atoms. The molecule has 0 radical (unpaired) electrons. The molecule has 5 heteroatoms. The van der Waals surface area contributed by atoms with E-state index in [2.05, 4.69) is 4.98 Å². The van der Waals surface area contributed by atoms with Crippen LogP contribution in [0.5, 0.6) is 0 Å². The fourth-order valence-corrected chi connectivity index (χ4v) is 2.80. The Hall–Kier alpha value is -1.03. The van der Waals surface area contributed by atoms with Gasteiger partial charge >= 0.3 is 5.69 Å². The van der Waals surface area contributed by atoms with Crippen LogP contribution >= 0.6 is 11.6 Å². The summed E-state index contributed by atoms with van der Waals surface area (Å²) < 4.78 is 1.37. The van der Waals surface area contributed by atoms with Gasteiger partial charge in [0.15, 0.2) is 0 Å². The molecular formula is C13H19ClN2O2. The van der Waals surface area contributed by atoms with Gasteiger partial charge in [0.2, 0.25) is 0 Å². The minimum Gasteiger partial charge on any atom is -0.297 e. The topological polar surface area (TPSA) is 54.9 Å². The van der Waals surface area contributed by atoms with Crippen molar-refractivity contribution >= 4 is 11.6 Å². The van der Waals surface area contributed by atoms with Gasteiger partial charge in [0.05, 0.1) is 0 Å². The standard InChI is InChI=1S/C13H19ClN2O2/c1-9-11(14)15-13(18)16(12(9)17)10-7-5-3-2-4-6-8-10/h10H,2-8H2,1H3,(H,15,18). The van der Waals surface area contributed by atoms with Crippen molar-refractivity contribution in [3.8, 4) is 0 Å². The van der Waals surface area contributed by atoms with Crippen LogP contribution in [0.3, 0.4) is 0 Å². The summed E-state index contributed by atoms with van der Waals surface area (Å²) in [4.78, 5) is 26.7. The third-order valence-corrected chi connectivity index (χ3v) is 4.12. The highest BCUT2D eigenvalue weighted by Crippen LogP contribution is 2.24. The molecule has 0 bridgehead atoms. The monoisotopic (exact) mass is 270 g/mol. The second kappa shape index (κ2) is 5.74. The first-order valence-corrected chi connectivity index (χ1v) is 7.00. The lowest BCUT2D eigenvalue weighted by atomic mass is 9.96. The molecule has 1 aliphatic rings. The maximum Gasteiger partial charge on any atom is 0.329 e. The third-order valence-electron chi connectivity index (χ3n) is 3.74. The largest absolute Gasteiger partial charge is 0.329 e. The van der Waals surface area contributed by atoms with Gasteiger partial charge in [-0.05, 0) is 19.8 Å². The van der Waals surface area contributed by atoms with Crippen LogP contribution in [0.2, 0.25) is 5.15 Å². The average molecular weight is 271 g/mol. The molecule has 1 aromatic heterocycles. The molecule has 1 fully saturated rings. The average Bonchev–Trinajstić information content (AvgIpc) is 2.28. The molecule has 0 atom stereocenters. The number of aromatic nitrogens is 2. The fraction of sp³-hybridized carbons (Fsp3) is 0.692. The molecule has 4 nitrogen and oxygen atoms in total. The predicted molar refractivity (Wildman–Crippen MR) is 72.4 cm³/mol. The summed E-state index contributed by atoms with van der Waals surface area (Å²) in [5.41, 5.74) is -0.186. The van der Waals surface area contributed by atoms with Gasteiger partial charge in [-0.3, -0.25) is 14.3 Å². The van der Waals surface area contributed by atoms with E-state index in [1.807, 2.05) is 0 Å². The van der Waals surface area contributed by atoms with E-state index in [-0.39, 0.29) is 22.4 Å². The van der Waals surface area contributed by atoms with E-state index in [9.17, 15) is 9.59 Å². The smallest absolute Gasteiger partial charge is 0.297 e. The molecule has 1 heterocycles. The van der Waals surface area contributed by atoms with Crippen molar-refractivity contribution in [2.75, 3.05) is 0 Å². The van der Waals surface area contributed by atoms with Gasteiger partial charge < -0.3 is 0 Å². The number of H-pyrrole nitrogens is 1. The van der Waals surface area contributed by atoms with E-state index < -0.39 is 0 Å². The summed E-state index contributed by atoms with van der Waals surface area (Å²) in [5.74, 6) is 0. The van der Waals surface area contributed by atoms with Gasteiger partial charge in [-0.1, -0.05) is 43.7 Å². The van der Waals surface area contributed by atoms with Crippen LogP contribution in [-0.2, 0) is 0 Å². The summed E-state index contributed by atoms with van der Waals surface area (Å²) in [6.07, 6.45) is 7.62. The second-order valence-electron chi connectivity index (χ2n) is 5.04. The Bertz CT molecular complexity index is 525. The third kappa shape index (κ3) is 2.69. The van der Waals surface area contributed by atoms with Gasteiger partial charge in [-0.15, -0.1) is 0 Å². The molecule has 0 aromatic carbocycles. The molecule has 0 aliphatic heterocycles. The van der Waals surface area contributed by atoms with E-state index in [1.165, 1.54) is 23.8 Å². The number of nitrogens with zero attached hydrogens (tertiary/aromatic N) is 1. The van der Waals surface area contributed by atoms with Crippen molar-refractivity contribution < 1.29 is 0 Å². The molecule has 0 saturated heterocycles. The maximum atomic E-state index is 12.2. The number of aromatic amines is 1. The molecule has 1 N–H and O–H groups in total. The van der Waals surface area contributed by atoms with Crippen LogP contribution in [-0.4, -0.2) is 9.55 Å². The van der Waals surface area contributed by atoms with Crippen molar-refractivity contribution in [1.29, 1.82) is 0 Å². The first-order chi connectivity index (χ1) is 8.61. The summed E-state index contributed by atoms with van der Waals surface area (Å²) in [6.45, 7) is 1.65. The van der Waals surface area contributed by atoms with Crippen molar-refractivity contribution in [3.05, 3.63) is 31.6 Å². The molecule has 1 aromatic rings. The van der Waals surface area contributed by atoms with Crippen LogP contribution in [0.25, 0.3) is 0 Å². The van der Waals surface area contributed by atoms with Gasteiger partial charge in [0.1, 0.15) is 5.15 Å². The van der Waals surface area contributed by atoms with Crippen LogP contribution in [0.15, 0.2) is 9.59 Å². The molecular weight excluding hydrogens is 252 g/mol. The first kappa shape index (κ1) is 13.4. The number of halogens is 1. The lowest BCUT2D eigenvalue weighted by molar-refractivity contribution is 0.354. The Morgan fingerprint density at radius 1 is 1.11 bits per heavy atom. The predicted octanol–water partition coefficient (Wildman–Crippen LogP) is 2.78. The lowest BCUT2D eigenvalue weighted by Gasteiger charge is -2.21. The number of hydrogen-bond acceptors (Lipinski definition) is 2. The van der Waals surface area contributed by atoms with E-state index in [0.29, 0.717) is 5.56 Å². The van der Waals surface area contributed by atoms with E-state index in [1.54, 1.807) is 6.92 Å². The van der Waals surface area contributed by atoms with Crippen LogP contribution in [0, 0.1) is 6.92 Å². The van der Waals surface area contributed by atoms with Crippen LogP contribution < -0.4 is 11.2 Å². The Balaban J connectivity index is 2.40. The molecule has 0 spiro atoms. The highest BCUT2D eigenvalue weighted by atomic mass is 35.5. The van der Waals surface area contributed by atoms with Crippen molar-refractivity contribution in [2.24, 2.45) is 0 Å². The summed E-state index contributed by atoms with van der Waals surface area (Å²) in [5, 5.41) is 0.159. The Morgan fingerprint density at radius 3 is 2.28 bits per heavy atom. The zero-order valence-corrected chi connectivity index (χ0v) is 11.4. The summed E-state index contributed by atoms with van der Waals surface area (Å²) in [6, 6.07) is 0.0255. The Kier molecular flexibility index (Phi) is 4.27. The van der Waals surface area contributed by atoms with Gasteiger partial charge in [0.25, 0.3) is 5.56 Å². The molecule has 0 amide bonds. The van der Waals surface area contributed by atoms with Gasteiger partial charge in [-0.2, -0.15) is 0 Å². The molecule has 1 saturated carbocycles. The van der Waals surface area contributed by atoms with Gasteiger partial charge in [-0.25, -0.2) is 4.79 Å². The van der Waals surface area contributed by atoms with Crippen LogP contribution in [0.4, 0.5) is 0 Å². The zero-order chi connectivity index (χ0) is 13.1. The minimum atomic E-state index is -0.374. The lowest BCUT2D eigenvalue weighted by Crippen LogP contribution is -2.39. The SMILES string of the molecule is Cc1c(Cl)[nH]c(=O)n(C2CCCCCCC2)c1=O. The zero-order valence-electron chi connectivity index (χ0n) is 10.7. The van der Waals surface area contributed by atoms with Gasteiger partial charge in [0, 0.05) is 11.6 Å². The highest BCUT2D eigenvalue weighted by Gasteiger charge is 2.19. The normalized spacial score (nSPS) is 18.3. The first-order valence-electron chi connectivity index (χ1n) is 6.62. The van der Waals surface area contributed by atoms with E-state index in [4.69, 9.17) is 11.6 Å². The Labute approximate surface area is 111 Å². The molecule has 1 aliphatic carbocycles. The van der Waals surface area contributed by atoms with E-state index >= 15 is 0 Å². The highest BCUT2D eigenvalue weighted by molar-refractivity contribution is 6.30. The van der Waals surface area contributed by atoms with Crippen molar-refractivity contribution in [1.82, 2.24) is 9.55 Å². The van der Waals surface area contributed by atoms with E-state index in [0.717, 1.165) is 25.7 Å². The minimum absolute atomic E-state index is 0.0255. The number of hydrogen-bond donors (Lipinski definition) is 1. The molecule has 2 rings (SSSR count). The quantitative estimate of drug-likeness (QED) is 0.798. The second-order valence-corrected chi connectivity index (χ2v) is 5.42.